The number of aromatic amines is 1. The lowest BCUT2D eigenvalue weighted by Gasteiger charge is -2.35. The van der Waals surface area contributed by atoms with Crippen LogP contribution < -0.4 is 5.73 Å². The number of carbonyl (C=O) groups is 1. The van der Waals surface area contributed by atoms with E-state index in [1.54, 1.807) is 12.1 Å². The molecule has 0 unspecified atom stereocenters. The van der Waals surface area contributed by atoms with Gasteiger partial charge in [0.1, 0.15) is 12.6 Å². The third-order valence-electron chi connectivity index (χ3n) is 6.32. The molecule has 0 amide bonds. The van der Waals surface area contributed by atoms with Crippen molar-refractivity contribution < 1.29 is 9.18 Å². The molecule has 4 rings (SSSR count). The second kappa shape index (κ2) is 13.1. The van der Waals surface area contributed by atoms with Crippen LogP contribution >= 0.6 is 11.6 Å². The van der Waals surface area contributed by atoms with Gasteiger partial charge in [-0.3, -0.25) is 0 Å². The molecule has 1 saturated heterocycles. The third kappa shape index (κ3) is 6.37. The molecule has 1 aromatic heterocycles. The Balaban J connectivity index is 0.000000970. The Morgan fingerprint density at radius 3 is 2.29 bits per heavy atom. The summed E-state index contributed by atoms with van der Waals surface area (Å²) in [6.45, 7) is 14.5. The van der Waals surface area contributed by atoms with Gasteiger partial charge in [0.25, 0.3) is 0 Å². The Kier molecular flexibility index (Phi) is 10.6. The first-order valence-corrected chi connectivity index (χ1v) is 11.9. The number of hydrogen-bond acceptors (Lipinski definition) is 3. The highest BCUT2D eigenvalue weighted by Crippen LogP contribution is 2.34. The van der Waals surface area contributed by atoms with E-state index in [1.807, 2.05) is 25.1 Å². The predicted octanol–water partition coefficient (Wildman–Crippen LogP) is 6.39. The van der Waals surface area contributed by atoms with Crippen molar-refractivity contribution in [2.45, 2.75) is 32.6 Å². The van der Waals surface area contributed by atoms with Crippen molar-refractivity contribution in [3.05, 3.63) is 83.8 Å². The van der Waals surface area contributed by atoms with E-state index in [4.69, 9.17) is 16.4 Å². The minimum absolute atomic E-state index is 0.170. The molecule has 182 valence electrons. The number of nitrogens with one attached hydrogen (secondary N) is 1. The summed E-state index contributed by atoms with van der Waals surface area (Å²) in [7, 11) is 1.50. The van der Waals surface area contributed by atoms with E-state index in [2.05, 4.69) is 47.8 Å². The number of aryl methyl sites for hydroxylation is 1. The average molecular weight is 484 g/mol. The highest BCUT2D eigenvalue weighted by molar-refractivity contribution is 6.49. The molecule has 6 heteroatoms. The number of rotatable bonds is 6. The molecule has 2 aromatic carbocycles. The molecular formula is C28H35ClFN3O. The maximum absolute atomic E-state index is 13.1. The fourth-order valence-corrected chi connectivity index (χ4v) is 4.69. The van der Waals surface area contributed by atoms with Gasteiger partial charge in [0.05, 0.1) is 0 Å². The molecule has 3 aromatic rings. The van der Waals surface area contributed by atoms with E-state index < -0.39 is 0 Å². The number of benzene rings is 2. The monoisotopic (exact) mass is 483 g/mol. The molecule has 1 aliphatic rings. The fraction of sp³-hybridized carbons (Fsp3) is 0.321. The Morgan fingerprint density at radius 1 is 1.12 bits per heavy atom. The summed E-state index contributed by atoms with van der Waals surface area (Å²) >= 11 is 6.20. The van der Waals surface area contributed by atoms with Crippen molar-refractivity contribution in [2.24, 2.45) is 11.7 Å². The minimum Gasteiger partial charge on any atom is -0.372 e. The molecular weight excluding hydrogens is 449 g/mol. The number of nitrogens with two attached hydrogens (primary N) is 1. The SMILES string of the molecule is C=C(Cl)c1c[nH]c2cc(CC)c(C(=C)N3CCC(Cc4ccc(F)cc4)CC3)cc12.C=O.CN. The molecule has 0 saturated carbocycles. The topological polar surface area (TPSA) is 62.1 Å². The molecule has 34 heavy (non-hydrogen) atoms. The van der Waals surface area contributed by atoms with Crippen molar-refractivity contribution >= 4 is 40.0 Å². The van der Waals surface area contributed by atoms with E-state index >= 15 is 0 Å². The quantitative estimate of drug-likeness (QED) is 0.426. The van der Waals surface area contributed by atoms with Crippen LogP contribution in [0.15, 0.2) is 55.8 Å². The summed E-state index contributed by atoms with van der Waals surface area (Å²) < 4.78 is 13.1. The van der Waals surface area contributed by atoms with E-state index in [1.165, 1.54) is 23.7 Å². The van der Waals surface area contributed by atoms with Gasteiger partial charge in [0, 0.05) is 52.0 Å². The second-order valence-electron chi connectivity index (χ2n) is 8.22. The van der Waals surface area contributed by atoms with E-state index in [0.717, 1.165) is 60.9 Å². The number of halogens is 2. The number of fused-ring (bicyclic) bond motifs is 1. The first-order chi connectivity index (χ1) is 16.5. The third-order valence-corrected chi connectivity index (χ3v) is 6.53. The Morgan fingerprint density at radius 2 is 1.74 bits per heavy atom. The van der Waals surface area contributed by atoms with Crippen molar-refractivity contribution in [1.82, 2.24) is 9.88 Å². The molecule has 2 heterocycles. The number of piperidine rings is 1. The Bertz CT molecular complexity index is 1100. The van der Waals surface area contributed by atoms with E-state index in [0.29, 0.717) is 11.0 Å². The van der Waals surface area contributed by atoms with Crippen LogP contribution in [0, 0.1) is 11.7 Å². The molecule has 4 nitrogen and oxygen atoms in total. The summed E-state index contributed by atoms with van der Waals surface area (Å²) in [5.74, 6) is 0.459. The van der Waals surface area contributed by atoms with Gasteiger partial charge in [-0.05, 0) is 74.0 Å². The van der Waals surface area contributed by atoms with Gasteiger partial charge < -0.3 is 20.4 Å². The largest absolute Gasteiger partial charge is 0.372 e. The Hall–Kier alpha value is -2.89. The van der Waals surface area contributed by atoms with Crippen LogP contribution in [0.2, 0.25) is 0 Å². The highest BCUT2D eigenvalue weighted by atomic mass is 35.5. The van der Waals surface area contributed by atoms with Crippen LogP contribution in [0.3, 0.4) is 0 Å². The molecule has 0 atom stereocenters. The van der Waals surface area contributed by atoms with Gasteiger partial charge in [-0.15, -0.1) is 0 Å². The van der Waals surface area contributed by atoms with Gasteiger partial charge in [-0.2, -0.15) is 0 Å². The molecule has 0 radical (unpaired) electrons. The zero-order valence-electron chi connectivity index (χ0n) is 20.2. The van der Waals surface area contributed by atoms with Crippen LogP contribution in [0.5, 0.6) is 0 Å². The number of likely N-dealkylation sites (tertiary alicyclic amines) is 1. The molecule has 3 N–H and O–H groups in total. The summed E-state index contributed by atoms with van der Waals surface area (Å²) in [6.07, 6.45) is 6.12. The highest BCUT2D eigenvalue weighted by Gasteiger charge is 2.22. The van der Waals surface area contributed by atoms with Crippen molar-refractivity contribution in [1.29, 1.82) is 0 Å². The van der Waals surface area contributed by atoms with Gasteiger partial charge in [0.2, 0.25) is 0 Å². The van der Waals surface area contributed by atoms with Gasteiger partial charge in [-0.25, -0.2) is 4.39 Å². The maximum Gasteiger partial charge on any atom is 0.123 e. The zero-order chi connectivity index (χ0) is 25.3. The van der Waals surface area contributed by atoms with E-state index in [-0.39, 0.29) is 5.82 Å². The van der Waals surface area contributed by atoms with Gasteiger partial charge in [0.15, 0.2) is 0 Å². The van der Waals surface area contributed by atoms with Crippen LogP contribution in [0.1, 0.15) is 42.0 Å². The first-order valence-electron chi connectivity index (χ1n) is 11.5. The second-order valence-corrected chi connectivity index (χ2v) is 8.68. The normalized spacial score (nSPS) is 13.5. The van der Waals surface area contributed by atoms with Crippen molar-refractivity contribution in [3.63, 3.8) is 0 Å². The predicted molar refractivity (Wildman–Crippen MR) is 143 cm³/mol. The lowest BCUT2D eigenvalue weighted by Crippen LogP contribution is -2.33. The van der Waals surface area contributed by atoms with Crippen LogP contribution in [0.4, 0.5) is 4.39 Å². The molecule has 1 aliphatic heterocycles. The molecule has 0 aliphatic carbocycles. The lowest BCUT2D eigenvalue weighted by atomic mass is 9.89. The summed E-state index contributed by atoms with van der Waals surface area (Å²) in [6, 6.07) is 11.3. The molecule has 1 fully saturated rings. The van der Waals surface area contributed by atoms with Gasteiger partial charge in [-0.1, -0.05) is 43.8 Å². The first kappa shape index (κ1) is 27.4. The summed E-state index contributed by atoms with van der Waals surface area (Å²) in [5.41, 5.74) is 11.3. The van der Waals surface area contributed by atoms with Crippen molar-refractivity contribution in [3.8, 4) is 0 Å². The minimum atomic E-state index is -0.170. The standard InChI is InChI=1S/C26H28ClFN2.CH5N.CH2O/c1-4-21-14-26-24(25(16-29-26)17(2)27)15-23(21)18(3)30-11-9-20(10-12-30)13-19-5-7-22(28)8-6-19;2*1-2/h5-8,14-16,20,29H,2-4,9-13H2,1H3;2H2,1H3;1H2. The lowest BCUT2D eigenvalue weighted by molar-refractivity contribution is -0.0979. The zero-order valence-corrected chi connectivity index (χ0v) is 20.9. The Labute approximate surface area is 207 Å². The van der Waals surface area contributed by atoms with E-state index in [9.17, 15) is 4.39 Å². The summed E-state index contributed by atoms with van der Waals surface area (Å²) in [5, 5.41) is 1.64. The van der Waals surface area contributed by atoms with Crippen LogP contribution in [-0.4, -0.2) is 36.8 Å². The fourth-order valence-electron chi connectivity index (χ4n) is 4.53. The summed E-state index contributed by atoms with van der Waals surface area (Å²) in [4.78, 5) is 13.7. The average Bonchev–Trinajstić information content (AvgIpc) is 3.30. The van der Waals surface area contributed by atoms with Crippen LogP contribution in [0.25, 0.3) is 21.6 Å². The smallest absolute Gasteiger partial charge is 0.123 e. The number of hydrogen-bond donors (Lipinski definition) is 2. The number of carbonyl (C=O) groups excluding carboxylic acids is 1. The molecule has 0 spiro atoms. The van der Waals surface area contributed by atoms with Gasteiger partial charge >= 0.3 is 0 Å². The maximum atomic E-state index is 13.1. The number of aromatic nitrogens is 1. The number of H-pyrrole nitrogens is 1. The van der Waals surface area contributed by atoms with Crippen molar-refractivity contribution in [2.75, 3.05) is 20.1 Å². The van der Waals surface area contributed by atoms with Crippen LogP contribution in [-0.2, 0) is 17.6 Å². The number of nitrogens with zero attached hydrogens (tertiary/aromatic N) is 1. The molecule has 0 bridgehead atoms.